The lowest BCUT2D eigenvalue weighted by Gasteiger charge is -2.07. The first-order valence-corrected chi connectivity index (χ1v) is 5.48. The van der Waals surface area contributed by atoms with E-state index in [1.807, 2.05) is 13.8 Å². The van der Waals surface area contributed by atoms with Crippen LogP contribution in [0.3, 0.4) is 0 Å². The molecule has 0 unspecified atom stereocenters. The molecule has 90 valence electrons. The van der Waals surface area contributed by atoms with Crippen LogP contribution in [-0.4, -0.2) is 17.7 Å². The third kappa shape index (κ3) is 3.10. The Bertz CT molecular complexity index is 334. The van der Waals surface area contributed by atoms with Crippen molar-refractivity contribution in [2.75, 3.05) is 6.61 Å². The summed E-state index contributed by atoms with van der Waals surface area (Å²) in [7, 11) is 0. The van der Waals surface area contributed by atoms with Crippen molar-refractivity contribution < 1.29 is 19.1 Å². The monoisotopic (exact) mass is 226 g/mol. The number of esters is 1. The van der Waals surface area contributed by atoms with E-state index in [1.54, 1.807) is 13.0 Å². The lowest BCUT2D eigenvalue weighted by molar-refractivity contribution is -0.155. The minimum atomic E-state index is -1.32. The number of aliphatic hydroxyl groups is 1. The molecule has 1 N–H and O–H groups in total. The van der Waals surface area contributed by atoms with Gasteiger partial charge < -0.3 is 14.3 Å². The van der Waals surface area contributed by atoms with Gasteiger partial charge in [0.15, 0.2) is 0 Å². The van der Waals surface area contributed by atoms with Crippen molar-refractivity contribution in [1.29, 1.82) is 0 Å². The molecule has 1 aromatic rings. The van der Waals surface area contributed by atoms with Crippen molar-refractivity contribution in [3.8, 4) is 0 Å². The molecule has 0 radical (unpaired) electrons. The van der Waals surface area contributed by atoms with E-state index in [-0.39, 0.29) is 5.76 Å². The first-order chi connectivity index (χ1) is 7.56. The van der Waals surface area contributed by atoms with Gasteiger partial charge in [0.1, 0.15) is 11.5 Å². The summed E-state index contributed by atoms with van der Waals surface area (Å²) >= 11 is 0. The van der Waals surface area contributed by atoms with Crippen LogP contribution in [0.5, 0.6) is 0 Å². The van der Waals surface area contributed by atoms with Gasteiger partial charge in [0, 0.05) is 0 Å². The highest BCUT2D eigenvalue weighted by molar-refractivity contribution is 5.75. The fourth-order valence-electron chi connectivity index (χ4n) is 1.25. The molecular formula is C12H18O4. The van der Waals surface area contributed by atoms with Crippen molar-refractivity contribution in [2.24, 2.45) is 0 Å². The van der Waals surface area contributed by atoms with Crippen LogP contribution in [0.25, 0.3) is 0 Å². The molecule has 16 heavy (non-hydrogen) atoms. The molecule has 0 amide bonds. The molecule has 0 bridgehead atoms. The fraction of sp³-hybridized carbons (Fsp3) is 0.583. The predicted octanol–water partition coefficient (Wildman–Crippen LogP) is 2.27. The summed E-state index contributed by atoms with van der Waals surface area (Å²) < 4.78 is 10.2. The Morgan fingerprint density at radius 1 is 1.56 bits per heavy atom. The molecule has 0 aliphatic rings. The normalized spacial score (nSPS) is 12.5. The molecule has 0 spiro atoms. The summed E-state index contributed by atoms with van der Waals surface area (Å²) in [5.74, 6) is 0.300. The number of unbranched alkanes of at least 4 members (excludes halogenated alkanes) is 1. The Kier molecular flexibility index (Phi) is 4.55. The van der Waals surface area contributed by atoms with E-state index in [2.05, 4.69) is 0 Å². The number of aliphatic hydroxyl groups excluding tert-OH is 1. The summed E-state index contributed by atoms with van der Waals surface area (Å²) in [6.07, 6.45) is 0.432. The number of rotatable bonds is 5. The van der Waals surface area contributed by atoms with Gasteiger partial charge in [0.2, 0.25) is 6.10 Å². The third-order valence-electron chi connectivity index (χ3n) is 2.42. The van der Waals surface area contributed by atoms with E-state index in [0.29, 0.717) is 12.4 Å². The van der Waals surface area contributed by atoms with E-state index in [1.165, 1.54) is 0 Å². The minimum absolute atomic E-state index is 0.247. The van der Waals surface area contributed by atoms with E-state index in [4.69, 9.17) is 9.15 Å². The molecule has 0 aromatic carbocycles. The lowest BCUT2D eigenvalue weighted by atomic mass is 10.2. The Hall–Kier alpha value is -1.29. The summed E-state index contributed by atoms with van der Waals surface area (Å²) in [5, 5.41) is 9.66. The maximum Gasteiger partial charge on any atom is 0.342 e. The highest BCUT2D eigenvalue weighted by Crippen LogP contribution is 2.21. The number of carbonyl (C=O) groups is 1. The van der Waals surface area contributed by atoms with Gasteiger partial charge in [-0.2, -0.15) is 0 Å². The van der Waals surface area contributed by atoms with Gasteiger partial charge in [-0.3, -0.25) is 0 Å². The predicted molar refractivity (Wildman–Crippen MR) is 59.0 cm³/mol. The van der Waals surface area contributed by atoms with Gasteiger partial charge in [-0.1, -0.05) is 13.3 Å². The standard InChI is InChI=1S/C12H18O4/c1-4-5-6-15-12(14)11(13)10-7-8(2)9(3)16-10/h7,11,13H,4-6H2,1-3H3/t11-/m1/s1. The molecular weight excluding hydrogens is 208 g/mol. The molecule has 1 heterocycles. The van der Waals surface area contributed by atoms with Crippen LogP contribution < -0.4 is 0 Å². The van der Waals surface area contributed by atoms with Crippen LogP contribution in [0, 0.1) is 13.8 Å². The summed E-state index contributed by atoms with van der Waals surface area (Å²) in [4.78, 5) is 11.4. The summed E-state index contributed by atoms with van der Waals surface area (Å²) in [6, 6.07) is 1.65. The van der Waals surface area contributed by atoms with Gasteiger partial charge in [0.05, 0.1) is 6.61 Å². The second-order valence-electron chi connectivity index (χ2n) is 3.81. The van der Waals surface area contributed by atoms with Crippen molar-refractivity contribution in [1.82, 2.24) is 0 Å². The van der Waals surface area contributed by atoms with E-state index >= 15 is 0 Å². The average molecular weight is 226 g/mol. The number of carbonyl (C=O) groups excluding carboxylic acids is 1. The molecule has 0 saturated carbocycles. The Morgan fingerprint density at radius 2 is 2.25 bits per heavy atom. The number of hydrogen-bond acceptors (Lipinski definition) is 4. The van der Waals surface area contributed by atoms with Crippen molar-refractivity contribution in [3.05, 3.63) is 23.2 Å². The zero-order chi connectivity index (χ0) is 12.1. The molecule has 4 nitrogen and oxygen atoms in total. The molecule has 1 rings (SSSR count). The van der Waals surface area contributed by atoms with Crippen LogP contribution in [-0.2, 0) is 9.53 Å². The van der Waals surface area contributed by atoms with Gasteiger partial charge in [0.25, 0.3) is 0 Å². The van der Waals surface area contributed by atoms with E-state index in [0.717, 1.165) is 18.4 Å². The molecule has 4 heteroatoms. The van der Waals surface area contributed by atoms with Crippen molar-refractivity contribution in [2.45, 2.75) is 39.7 Å². The Morgan fingerprint density at radius 3 is 2.75 bits per heavy atom. The number of hydrogen-bond donors (Lipinski definition) is 1. The first-order valence-electron chi connectivity index (χ1n) is 5.48. The summed E-state index contributed by atoms with van der Waals surface area (Å²) in [6.45, 7) is 5.99. The van der Waals surface area contributed by atoms with Gasteiger partial charge in [-0.25, -0.2) is 4.79 Å². The third-order valence-corrected chi connectivity index (χ3v) is 2.42. The molecule has 0 saturated heterocycles. The maximum atomic E-state index is 11.4. The van der Waals surface area contributed by atoms with Crippen LogP contribution in [0.4, 0.5) is 0 Å². The summed E-state index contributed by atoms with van der Waals surface area (Å²) in [5.41, 5.74) is 0.912. The highest BCUT2D eigenvalue weighted by atomic mass is 16.5. The molecule has 0 aliphatic heterocycles. The van der Waals surface area contributed by atoms with Crippen LogP contribution in [0.15, 0.2) is 10.5 Å². The van der Waals surface area contributed by atoms with Gasteiger partial charge in [-0.05, 0) is 31.9 Å². The lowest BCUT2D eigenvalue weighted by Crippen LogP contribution is -2.15. The highest BCUT2D eigenvalue weighted by Gasteiger charge is 2.23. The SMILES string of the molecule is CCCCOC(=O)[C@H](O)c1cc(C)c(C)o1. The van der Waals surface area contributed by atoms with Gasteiger partial charge >= 0.3 is 5.97 Å². The molecule has 0 aliphatic carbocycles. The van der Waals surface area contributed by atoms with Crippen LogP contribution >= 0.6 is 0 Å². The Balaban J connectivity index is 2.56. The van der Waals surface area contributed by atoms with Crippen molar-refractivity contribution in [3.63, 3.8) is 0 Å². The average Bonchev–Trinajstić information content (AvgIpc) is 2.58. The largest absolute Gasteiger partial charge is 0.463 e. The fourth-order valence-corrected chi connectivity index (χ4v) is 1.25. The molecule has 1 aromatic heterocycles. The second kappa shape index (κ2) is 5.70. The number of ether oxygens (including phenoxy) is 1. The van der Waals surface area contributed by atoms with Crippen LogP contribution in [0.1, 0.15) is 43.0 Å². The number of furan rings is 1. The zero-order valence-corrected chi connectivity index (χ0v) is 9.95. The molecule has 0 fully saturated rings. The topological polar surface area (TPSA) is 59.7 Å². The van der Waals surface area contributed by atoms with Crippen LogP contribution in [0.2, 0.25) is 0 Å². The maximum absolute atomic E-state index is 11.4. The smallest absolute Gasteiger partial charge is 0.342 e. The number of aryl methyl sites for hydroxylation is 2. The Labute approximate surface area is 95.2 Å². The van der Waals surface area contributed by atoms with Gasteiger partial charge in [-0.15, -0.1) is 0 Å². The first kappa shape index (κ1) is 12.8. The van der Waals surface area contributed by atoms with E-state index in [9.17, 15) is 9.90 Å². The van der Waals surface area contributed by atoms with Crippen molar-refractivity contribution >= 4 is 5.97 Å². The second-order valence-corrected chi connectivity index (χ2v) is 3.81. The van der Waals surface area contributed by atoms with E-state index < -0.39 is 12.1 Å². The minimum Gasteiger partial charge on any atom is -0.463 e. The zero-order valence-electron chi connectivity index (χ0n) is 9.95. The quantitative estimate of drug-likeness (QED) is 0.618. The molecule has 1 atom stereocenters.